The Bertz CT molecular complexity index is 417. The summed E-state index contributed by atoms with van der Waals surface area (Å²) < 4.78 is 0. The van der Waals surface area contributed by atoms with E-state index in [1.807, 2.05) is 37.3 Å². The summed E-state index contributed by atoms with van der Waals surface area (Å²) in [4.78, 5) is 14.7. The van der Waals surface area contributed by atoms with Gasteiger partial charge in [-0.2, -0.15) is 0 Å². The molecule has 1 unspecified atom stereocenters. The predicted molar refractivity (Wildman–Crippen MR) is 82.6 cm³/mol. The molecular formula is C16H25N3O. The summed E-state index contributed by atoms with van der Waals surface area (Å²) in [5.41, 5.74) is 6.47. The van der Waals surface area contributed by atoms with Gasteiger partial charge in [-0.25, -0.2) is 0 Å². The number of rotatable bonds is 7. The highest BCUT2D eigenvalue weighted by Gasteiger charge is 2.31. The number of hydrogen-bond donors (Lipinski definition) is 2. The van der Waals surface area contributed by atoms with E-state index < -0.39 is 0 Å². The minimum absolute atomic E-state index is 0.0696. The molecule has 1 fully saturated rings. The van der Waals surface area contributed by atoms with Crippen LogP contribution in [0, 0.1) is 0 Å². The number of para-hydroxylation sites is 1. The van der Waals surface area contributed by atoms with Gasteiger partial charge in [0.2, 0.25) is 5.91 Å². The zero-order chi connectivity index (χ0) is 14.4. The number of hydrogen-bond acceptors (Lipinski definition) is 3. The molecule has 1 aliphatic carbocycles. The first kappa shape index (κ1) is 15.0. The van der Waals surface area contributed by atoms with Crippen LogP contribution in [0.15, 0.2) is 30.3 Å². The number of nitrogens with two attached hydrogens (primary N) is 1. The Morgan fingerprint density at radius 1 is 1.40 bits per heavy atom. The molecule has 0 bridgehead atoms. The molecule has 1 aromatic carbocycles. The van der Waals surface area contributed by atoms with Crippen LogP contribution in [0.2, 0.25) is 0 Å². The van der Waals surface area contributed by atoms with Gasteiger partial charge in [-0.1, -0.05) is 24.6 Å². The summed E-state index contributed by atoms with van der Waals surface area (Å²) in [7, 11) is 0. The molecule has 1 aliphatic rings. The van der Waals surface area contributed by atoms with Crippen LogP contribution in [-0.4, -0.2) is 36.0 Å². The van der Waals surface area contributed by atoms with Crippen LogP contribution < -0.4 is 11.1 Å². The highest BCUT2D eigenvalue weighted by Crippen LogP contribution is 2.27. The molecule has 4 nitrogen and oxygen atoms in total. The lowest BCUT2D eigenvalue weighted by molar-refractivity contribution is -0.122. The minimum Gasteiger partial charge on any atom is -0.330 e. The third-order valence-corrected chi connectivity index (χ3v) is 4.08. The second-order valence-corrected chi connectivity index (χ2v) is 5.50. The van der Waals surface area contributed by atoms with Gasteiger partial charge in [-0.05, 0) is 44.9 Å². The molecular weight excluding hydrogens is 250 g/mol. The smallest absolute Gasteiger partial charge is 0.241 e. The maximum atomic E-state index is 12.4. The molecule has 0 saturated heterocycles. The number of anilines is 1. The van der Waals surface area contributed by atoms with Gasteiger partial charge < -0.3 is 11.1 Å². The molecule has 1 amide bonds. The first-order valence-corrected chi connectivity index (χ1v) is 7.54. The standard InChI is InChI=1S/C16H25N3O/c1-13(16(20)18-14-7-3-2-4-8-14)19(12-6-11-17)15-9-5-10-15/h2-4,7-8,13,15H,5-6,9-12,17H2,1H3,(H,18,20). The molecule has 110 valence electrons. The summed E-state index contributed by atoms with van der Waals surface area (Å²) >= 11 is 0. The summed E-state index contributed by atoms with van der Waals surface area (Å²) in [6.07, 6.45) is 4.62. The molecule has 0 heterocycles. The lowest BCUT2D eigenvalue weighted by atomic mass is 9.90. The van der Waals surface area contributed by atoms with Gasteiger partial charge in [0.05, 0.1) is 6.04 Å². The fraction of sp³-hybridized carbons (Fsp3) is 0.562. The van der Waals surface area contributed by atoms with E-state index in [0.29, 0.717) is 12.6 Å². The van der Waals surface area contributed by atoms with Crippen molar-refractivity contribution in [3.8, 4) is 0 Å². The van der Waals surface area contributed by atoms with Crippen LogP contribution in [-0.2, 0) is 4.79 Å². The molecule has 0 aromatic heterocycles. The molecule has 0 radical (unpaired) electrons. The average Bonchev–Trinajstić information content (AvgIpc) is 2.41. The lowest BCUT2D eigenvalue weighted by Gasteiger charge is -2.40. The van der Waals surface area contributed by atoms with Gasteiger partial charge >= 0.3 is 0 Å². The highest BCUT2D eigenvalue weighted by atomic mass is 16.2. The largest absolute Gasteiger partial charge is 0.330 e. The second-order valence-electron chi connectivity index (χ2n) is 5.50. The fourth-order valence-corrected chi connectivity index (χ4v) is 2.60. The molecule has 2 rings (SSSR count). The zero-order valence-electron chi connectivity index (χ0n) is 12.2. The van der Waals surface area contributed by atoms with Crippen molar-refractivity contribution in [1.82, 2.24) is 4.90 Å². The molecule has 0 spiro atoms. The summed E-state index contributed by atoms with van der Waals surface area (Å²) in [5.74, 6) is 0.0696. The van der Waals surface area contributed by atoms with Crippen molar-refractivity contribution >= 4 is 11.6 Å². The Labute approximate surface area is 121 Å². The van der Waals surface area contributed by atoms with Crippen molar-refractivity contribution < 1.29 is 4.79 Å². The summed E-state index contributed by atoms with van der Waals surface area (Å²) in [6.45, 7) is 3.58. The molecule has 1 saturated carbocycles. The Morgan fingerprint density at radius 3 is 2.65 bits per heavy atom. The number of nitrogens with one attached hydrogen (secondary N) is 1. The van der Waals surface area contributed by atoms with Crippen molar-refractivity contribution in [2.45, 2.75) is 44.7 Å². The van der Waals surface area contributed by atoms with Crippen molar-refractivity contribution in [3.05, 3.63) is 30.3 Å². The van der Waals surface area contributed by atoms with Crippen LogP contribution in [0.3, 0.4) is 0 Å². The molecule has 1 aromatic rings. The third-order valence-electron chi connectivity index (χ3n) is 4.08. The number of amides is 1. The van der Waals surface area contributed by atoms with Crippen LogP contribution in [0.25, 0.3) is 0 Å². The highest BCUT2D eigenvalue weighted by molar-refractivity contribution is 5.94. The van der Waals surface area contributed by atoms with Gasteiger partial charge in [0.1, 0.15) is 0 Å². The van der Waals surface area contributed by atoms with E-state index in [4.69, 9.17) is 5.73 Å². The number of benzene rings is 1. The molecule has 4 heteroatoms. The van der Waals surface area contributed by atoms with Crippen molar-refractivity contribution in [1.29, 1.82) is 0 Å². The van der Waals surface area contributed by atoms with Gasteiger partial charge in [0.25, 0.3) is 0 Å². The Hall–Kier alpha value is -1.39. The van der Waals surface area contributed by atoms with Gasteiger partial charge in [-0.3, -0.25) is 9.69 Å². The van der Waals surface area contributed by atoms with Crippen LogP contribution in [0.1, 0.15) is 32.6 Å². The maximum Gasteiger partial charge on any atom is 0.241 e. The third kappa shape index (κ3) is 3.81. The predicted octanol–water partition coefficient (Wildman–Crippen LogP) is 2.22. The molecule has 1 atom stereocenters. The van der Waals surface area contributed by atoms with E-state index in [1.54, 1.807) is 0 Å². The van der Waals surface area contributed by atoms with Crippen LogP contribution in [0.5, 0.6) is 0 Å². The first-order valence-electron chi connectivity index (χ1n) is 7.54. The topological polar surface area (TPSA) is 58.4 Å². The summed E-state index contributed by atoms with van der Waals surface area (Å²) in [5, 5.41) is 2.99. The Morgan fingerprint density at radius 2 is 2.10 bits per heavy atom. The van der Waals surface area contributed by atoms with Gasteiger partial charge in [0, 0.05) is 18.3 Å². The molecule has 3 N–H and O–H groups in total. The lowest BCUT2D eigenvalue weighted by Crippen LogP contribution is -2.51. The van der Waals surface area contributed by atoms with Crippen molar-refractivity contribution in [3.63, 3.8) is 0 Å². The van der Waals surface area contributed by atoms with E-state index in [-0.39, 0.29) is 11.9 Å². The van der Waals surface area contributed by atoms with Crippen LogP contribution >= 0.6 is 0 Å². The normalized spacial score (nSPS) is 16.8. The Balaban J connectivity index is 1.95. The maximum absolute atomic E-state index is 12.4. The van der Waals surface area contributed by atoms with E-state index in [0.717, 1.165) is 18.7 Å². The van der Waals surface area contributed by atoms with Crippen molar-refractivity contribution in [2.24, 2.45) is 5.73 Å². The van der Waals surface area contributed by atoms with E-state index in [9.17, 15) is 4.79 Å². The average molecular weight is 275 g/mol. The second kappa shape index (κ2) is 7.41. The zero-order valence-corrected chi connectivity index (χ0v) is 12.2. The summed E-state index contributed by atoms with van der Waals surface area (Å²) in [6, 6.07) is 10.1. The monoisotopic (exact) mass is 275 g/mol. The minimum atomic E-state index is -0.105. The number of carbonyl (C=O) groups excluding carboxylic acids is 1. The number of carbonyl (C=O) groups is 1. The van der Waals surface area contributed by atoms with E-state index >= 15 is 0 Å². The molecule has 0 aliphatic heterocycles. The number of nitrogens with zero attached hydrogens (tertiary/aromatic N) is 1. The van der Waals surface area contributed by atoms with E-state index in [2.05, 4.69) is 10.2 Å². The quantitative estimate of drug-likeness (QED) is 0.802. The Kier molecular flexibility index (Phi) is 5.56. The SMILES string of the molecule is CC(C(=O)Nc1ccccc1)N(CCCN)C1CCC1. The molecule has 20 heavy (non-hydrogen) atoms. The fourth-order valence-electron chi connectivity index (χ4n) is 2.60. The van der Waals surface area contributed by atoms with E-state index in [1.165, 1.54) is 19.3 Å². The van der Waals surface area contributed by atoms with Gasteiger partial charge in [-0.15, -0.1) is 0 Å². The van der Waals surface area contributed by atoms with Crippen molar-refractivity contribution in [2.75, 3.05) is 18.4 Å². The first-order chi connectivity index (χ1) is 9.72. The van der Waals surface area contributed by atoms with Crippen LogP contribution in [0.4, 0.5) is 5.69 Å². The van der Waals surface area contributed by atoms with Gasteiger partial charge in [0.15, 0.2) is 0 Å².